The normalized spacial score (nSPS) is 18.2. The van der Waals surface area contributed by atoms with E-state index in [-0.39, 0.29) is 23.8 Å². The van der Waals surface area contributed by atoms with Gasteiger partial charge in [0, 0.05) is 6.54 Å². The first-order valence-electron chi connectivity index (χ1n) is 6.37. The fourth-order valence-corrected chi connectivity index (χ4v) is 2.18. The lowest BCUT2D eigenvalue weighted by atomic mass is 10.1. The van der Waals surface area contributed by atoms with Gasteiger partial charge in [0.05, 0.1) is 17.7 Å². The third-order valence-corrected chi connectivity index (χ3v) is 3.12. The largest absolute Gasteiger partial charge is 0.372 e. The molecular formula is C14H14FN3O2. The molecule has 1 aliphatic rings. The molecule has 0 radical (unpaired) electrons. The highest BCUT2D eigenvalue weighted by molar-refractivity contribution is 6.06. The Bertz CT molecular complexity index is 595. The number of amides is 2. The van der Waals surface area contributed by atoms with Gasteiger partial charge in [-0.2, -0.15) is 5.26 Å². The third kappa shape index (κ3) is 2.62. The van der Waals surface area contributed by atoms with E-state index in [2.05, 4.69) is 5.32 Å². The Hall–Kier alpha value is -2.42. The van der Waals surface area contributed by atoms with Gasteiger partial charge in [-0.05, 0) is 24.6 Å². The molecule has 1 aromatic carbocycles. The molecular weight excluding hydrogens is 261 g/mol. The zero-order valence-corrected chi connectivity index (χ0v) is 11.0. The molecule has 1 N–H and O–H groups in total. The number of rotatable bonds is 4. The van der Waals surface area contributed by atoms with Gasteiger partial charge in [-0.15, -0.1) is 0 Å². The molecule has 1 fully saturated rings. The van der Waals surface area contributed by atoms with Crippen LogP contribution in [0.1, 0.15) is 25.3 Å². The van der Waals surface area contributed by atoms with Crippen LogP contribution < -0.4 is 5.32 Å². The molecule has 0 aromatic heterocycles. The molecule has 104 valence electrons. The summed E-state index contributed by atoms with van der Waals surface area (Å²) in [4.78, 5) is 25.0. The lowest BCUT2D eigenvalue weighted by Crippen LogP contribution is -2.35. The molecule has 1 heterocycles. The minimum absolute atomic E-state index is 0.0566. The van der Waals surface area contributed by atoms with Crippen molar-refractivity contribution in [3.05, 3.63) is 29.6 Å². The number of carbonyl (C=O) groups excluding carboxylic acids is 2. The van der Waals surface area contributed by atoms with Gasteiger partial charge < -0.3 is 5.32 Å². The van der Waals surface area contributed by atoms with Gasteiger partial charge in [0.15, 0.2) is 0 Å². The molecule has 2 rings (SSSR count). The first-order valence-corrected chi connectivity index (χ1v) is 6.37. The molecule has 1 atom stereocenters. The Balaban J connectivity index is 2.18. The van der Waals surface area contributed by atoms with Crippen LogP contribution in [0.15, 0.2) is 18.2 Å². The number of anilines is 1. The predicted molar refractivity (Wildman–Crippen MR) is 70.2 cm³/mol. The van der Waals surface area contributed by atoms with Crippen LogP contribution in [0.2, 0.25) is 0 Å². The maximum atomic E-state index is 13.0. The van der Waals surface area contributed by atoms with Crippen molar-refractivity contribution in [3.63, 3.8) is 0 Å². The lowest BCUT2D eigenvalue weighted by molar-refractivity contribution is -0.138. The molecule has 1 saturated heterocycles. The highest BCUT2D eigenvalue weighted by Crippen LogP contribution is 2.22. The highest BCUT2D eigenvalue weighted by Gasteiger charge is 2.38. The number of nitrogens with zero attached hydrogens (tertiary/aromatic N) is 2. The Morgan fingerprint density at radius 2 is 2.25 bits per heavy atom. The summed E-state index contributed by atoms with van der Waals surface area (Å²) < 4.78 is 13.0. The average molecular weight is 275 g/mol. The fourth-order valence-electron chi connectivity index (χ4n) is 2.18. The molecule has 20 heavy (non-hydrogen) atoms. The SMILES string of the molecule is CCCN1C(=O)CC(Nc2ccc(F)cc2C#N)C1=O. The minimum atomic E-state index is -0.688. The summed E-state index contributed by atoms with van der Waals surface area (Å²) in [5, 5.41) is 11.8. The van der Waals surface area contributed by atoms with Crippen LogP contribution in [0.5, 0.6) is 0 Å². The first-order chi connectivity index (χ1) is 9.56. The van der Waals surface area contributed by atoms with Crippen molar-refractivity contribution >= 4 is 17.5 Å². The van der Waals surface area contributed by atoms with Gasteiger partial charge in [0.25, 0.3) is 5.91 Å². The Labute approximate surface area is 116 Å². The molecule has 1 aromatic rings. The summed E-state index contributed by atoms with van der Waals surface area (Å²) in [5.41, 5.74) is 0.470. The van der Waals surface area contributed by atoms with Crippen LogP contribution in [-0.4, -0.2) is 29.3 Å². The summed E-state index contributed by atoms with van der Waals surface area (Å²) in [5.74, 6) is -1.05. The number of imide groups is 1. The van der Waals surface area contributed by atoms with Gasteiger partial charge in [-0.1, -0.05) is 6.92 Å². The molecule has 0 saturated carbocycles. The molecule has 0 aliphatic carbocycles. The van der Waals surface area contributed by atoms with Crippen molar-refractivity contribution in [2.24, 2.45) is 0 Å². The molecule has 1 unspecified atom stereocenters. The summed E-state index contributed by atoms with van der Waals surface area (Å²) in [7, 11) is 0. The van der Waals surface area contributed by atoms with E-state index in [1.807, 2.05) is 13.0 Å². The topological polar surface area (TPSA) is 73.2 Å². The van der Waals surface area contributed by atoms with E-state index in [9.17, 15) is 14.0 Å². The Kier molecular flexibility index (Phi) is 3.99. The smallest absolute Gasteiger partial charge is 0.252 e. The summed E-state index contributed by atoms with van der Waals surface area (Å²) >= 11 is 0. The summed E-state index contributed by atoms with van der Waals surface area (Å²) in [6.07, 6.45) is 0.755. The second-order valence-electron chi connectivity index (χ2n) is 4.59. The fraction of sp³-hybridized carbons (Fsp3) is 0.357. The molecule has 5 nitrogen and oxygen atoms in total. The maximum Gasteiger partial charge on any atom is 0.252 e. The zero-order valence-electron chi connectivity index (χ0n) is 11.0. The van der Waals surface area contributed by atoms with E-state index in [4.69, 9.17) is 5.26 Å². The monoisotopic (exact) mass is 275 g/mol. The van der Waals surface area contributed by atoms with Crippen molar-refractivity contribution in [2.75, 3.05) is 11.9 Å². The second-order valence-corrected chi connectivity index (χ2v) is 4.59. The number of hydrogen-bond donors (Lipinski definition) is 1. The van der Waals surface area contributed by atoms with E-state index in [1.54, 1.807) is 0 Å². The van der Waals surface area contributed by atoms with Crippen LogP contribution in [0, 0.1) is 17.1 Å². The Morgan fingerprint density at radius 1 is 1.50 bits per heavy atom. The van der Waals surface area contributed by atoms with Gasteiger partial charge >= 0.3 is 0 Å². The molecule has 1 aliphatic heterocycles. The van der Waals surface area contributed by atoms with Gasteiger partial charge in [-0.25, -0.2) is 4.39 Å². The molecule has 6 heteroatoms. The molecule has 0 spiro atoms. The first kappa shape index (κ1) is 14.0. The number of likely N-dealkylation sites (tertiary alicyclic amines) is 1. The van der Waals surface area contributed by atoms with Crippen molar-refractivity contribution in [2.45, 2.75) is 25.8 Å². The second kappa shape index (κ2) is 5.70. The van der Waals surface area contributed by atoms with Crippen LogP contribution in [-0.2, 0) is 9.59 Å². The predicted octanol–water partition coefficient (Wildman–Crippen LogP) is 1.65. The number of carbonyl (C=O) groups is 2. The van der Waals surface area contributed by atoms with E-state index < -0.39 is 11.9 Å². The highest BCUT2D eigenvalue weighted by atomic mass is 19.1. The average Bonchev–Trinajstić information content (AvgIpc) is 2.69. The van der Waals surface area contributed by atoms with Crippen molar-refractivity contribution in [1.82, 2.24) is 4.90 Å². The van der Waals surface area contributed by atoms with Crippen LogP contribution in [0.25, 0.3) is 0 Å². The number of benzene rings is 1. The third-order valence-electron chi connectivity index (χ3n) is 3.12. The van der Waals surface area contributed by atoms with Gasteiger partial charge in [0.1, 0.15) is 17.9 Å². The molecule has 2 amide bonds. The van der Waals surface area contributed by atoms with E-state index in [0.29, 0.717) is 18.7 Å². The van der Waals surface area contributed by atoms with Gasteiger partial charge in [0.2, 0.25) is 5.91 Å². The number of halogens is 1. The maximum absolute atomic E-state index is 13.0. The van der Waals surface area contributed by atoms with Crippen LogP contribution in [0.3, 0.4) is 0 Å². The van der Waals surface area contributed by atoms with Crippen molar-refractivity contribution in [1.29, 1.82) is 5.26 Å². The number of nitrogens with one attached hydrogen (secondary N) is 1. The van der Waals surface area contributed by atoms with Crippen LogP contribution in [0.4, 0.5) is 10.1 Å². The summed E-state index contributed by atoms with van der Waals surface area (Å²) in [6, 6.07) is 4.86. The van der Waals surface area contributed by atoms with E-state index >= 15 is 0 Å². The van der Waals surface area contributed by atoms with Gasteiger partial charge in [-0.3, -0.25) is 14.5 Å². The van der Waals surface area contributed by atoms with Crippen LogP contribution >= 0.6 is 0 Å². The summed E-state index contributed by atoms with van der Waals surface area (Å²) in [6.45, 7) is 2.28. The van der Waals surface area contributed by atoms with E-state index in [0.717, 1.165) is 6.07 Å². The molecule has 0 bridgehead atoms. The lowest BCUT2D eigenvalue weighted by Gasteiger charge is -2.15. The van der Waals surface area contributed by atoms with Crippen molar-refractivity contribution in [3.8, 4) is 6.07 Å². The minimum Gasteiger partial charge on any atom is -0.372 e. The quantitative estimate of drug-likeness (QED) is 0.848. The van der Waals surface area contributed by atoms with E-state index in [1.165, 1.54) is 17.0 Å². The van der Waals surface area contributed by atoms with Crippen molar-refractivity contribution < 1.29 is 14.0 Å². The standard InChI is InChI=1S/C14H14FN3O2/c1-2-5-18-13(19)7-12(14(18)20)17-11-4-3-10(15)6-9(11)8-16/h3-4,6,12,17H,2,5,7H2,1H3. The number of hydrogen-bond acceptors (Lipinski definition) is 4. The Morgan fingerprint density at radius 3 is 2.90 bits per heavy atom. The zero-order chi connectivity index (χ0) is 14.7. The number of nitriles is 1.